The number of hydrogen-bond acceptors (Lipinski definition) is 4. The van der Waals surface area contributed by atoms with E-state index in [1.807, 2.05) is 13.8 Å². The lowest BCUT2D eigenvalue weighted by atomic mass is 9.81. The number of nitro groups is 1. The highest BCUT2D eigenvalue weighted by Gasteiger charge is 2.32. The third-order valence-electron chi connectivity index (χ3n) is 4.09. The molecule has 7 heteroatoms. The lowest BCUT2D eigenvalue weighted by Gasteiger charge is -2.28. The average Bonchev–Trinajstić information content (AvgIpc) is 2.50. The van der Waals surface area contributed by atoms with Gasteiger partial charge in [0.05, 0.1) is 10.3 Å². The summed E-state index contributed by atoms with van der Waals surface area (Å²) < 4.78 is 0. The molecule has 0 spiro atoms. The summed E-state index contributed by atoms with van der Waals surface area (Å²) in [6.45, 7) is 4.55. The van der Waals surface area contributed by atoms with Crippen LogP contribution < -0.4 is 11.1 Å². The number of nitro benzene ring substituents is 1. The van der Waals surface area contributed by atoms with E-state index < -0.39 is 10.3 Å². The summed E-state index contributed by atoms with van der Waals surface area (Å²) in [7, 11) is 0. The van der Waals surface area contributed by atoms with Crippen molar-refractivity contribution in [3.8, 4) is 0 Å². The van der Waals surface area contributed by atoms with Crippen molar-refractivity contribution in [2.45, 2.75) is 33.1 Å². The molecule has 3 N–H and O–H groups in total. The predicted octanol–water partition coefficient (Wildman–Crippen LogP) is 2.44. The van der Waals surface area contributed by atoms with Crippen molar-refractivity contribution in [2.75, 3.05) is 13.1 Å². The van der Waals surface area contributed by atoms with Gasteiger partial charge in [0.15, 0.2) is 0 Å². The van der Waals surface area contributed by atoms with Gasteiger partial charge in [-0.3, -0.25) is 14.9 Å². The number of halogens is 1. The van der Waals surface area contributed by atoms with Crippen molar-refractivity contribution < 1.29 is 9.72 Å². The predicted molar refractivity (Wildman–Crippen MR) is 89.1 cm³/mol. The Labute approximate surface area is 137 Å². The molecule has 0 heterocycles. The highest BCUT2D eigenvalue weighted by molar-refractivity contribution is 5.85. The number of para-hydroxylation sites is 1. The smallest absolute Gasteiger partial charge is 0.272 e. The number of nitrogens with two attached hydrogens (primary N) is 1. The van der Waals surface area contributed by atoms with Crippen LogP contribution in [0.4, 0.5) is 5.69 Å². The van der Waals surface area contributed by atoms with Gasteiger partial charge in [-0.25, -0.2) is 0 Å². The molecular weight excluding hydrogens is 306 g/mol. The van der Waals surface area contributed by atoms with Gasteiger partial charge in [-0.15, -0.1) is 12.4 Å². The molecule has 1 aromatic rings. The Morgan fingerprint density at radius 2 is 1.91 bits per heavy atom. The maximum absolute atomic E-state index is 12.2. The first-order valence-electron chi connectivity index (χ1n) is 7.21. The second kappa shape index (κ2) is 9.38. The van der Waals surface area contributed by atoms with Crippen LogP contribution in [0.5, 0.6) is 0 Å². The van der Waals surface area contributed by atoms with Crippen LogP contribution in [0.25, 0.3) is 0 Å². The van der Waals surface area contributed by atoms with Crippen molar-refractivity contribution in [1.29, 1.82) is 0 Å². The second-order valence-electron chi connectivity index (χ2n) is 5.08. The molecule has 124 valence electrons. The first-order chi connectivity index (χ1) is 10.0. The van der Waals surface area contributed by atoms with Crippen molar-refractivity contribution in [3.05, 3.63) is 39.9 Å². The zero-order chi connectivity index (χ0) is 15.9. The van der Waals surface area contributed by atoms with Gasteiger partial charge in [-0.1, -0.05) is 32.0 Å². The van der Waals surface area contributed by atoms with E-state index in [0.717, 1.165) is 0 Å². The standard InChI is InChI=1S/C15H23N3O3.ClH/c1-3-15(4-2,11-16)14(19)17-10-9-12-7-5-6-8-13(12)18(20)21;/h5-8H,3-4,9-11,16H2,1-2H3,(H,17,19);1H. The molecule has 0 saturated carbocycles. The Balaban J connectivity index is 0.00000441. The van der Waals surface area contributed by atoms with E-state index in [4.69, 9.17) is 5.73 Å². The largest absolute Gasteiger partial charge is 0.355 e. The molecule has 6 nitrogen and oxygen atoms in total. The zero-order valence-corrected chi connectivity index (χ0v) is 13.8. The number of rotatable bonds is 8. The second-order valence-corrected chi connectivity index (χ2v) is 5.08. The Morgan fingerprint density at radius 1 is 1.32 bits per heavy atom. The van der Waals surface area contributed by atoms with Gasteiger partial charge in [-0.2, -0.15) is 0 Å². The van der Waals surface area contributed by atoms with Crippen molar-refractivity contribution in [3.63, 3.8) is 0 Å². The maximum Gasteiger partial charge on any atom is 0.272 e. The fraction of sp³-hybridized carbons (Fsp3) is 0.533. The van der Waals surface area contributed by atoms with E-state index in [2.05, 4.69) is 5.32 Å². The van der Waals surface area contributed by atoms with Crippen LogP contribution in [0.2, 0.25) is 0 Å². The highest BCUT2D eigenvalue weighted by Crippen LogP contribution is 2.25. The van der Waals surface area contributed by atoms with E-state index >= 15 is 0 Å². The summed E-state index contributed by atoms with van der Waals surface area (Å²) in [5, 5.41) is 13.8. The number of carbonyl (C=O) groups excluding carboxylic acids is 1. The fourth-order valence-corrected chi connectivity index (χ4v) is 2.35. The summed E-state index contributed by atoms with van der Waals surface area (Å²) >= 11 is 0. The topological polar surface area (TPSA) is 98.3 Å². The normalized spacial score (nSPS) is 10.7. The van der Waals surface area contributed by atoms with Crippen LogP contribution in [0.3, 0.4) is 0 Å². The molecule has 0 aliphatic heterocycles. The SMILES string of the molecule is CCC(CC)(CN)C(=O)NCCc1ccccc1[N+](=O)[O-].Cl. The zero-order valence-electron chi connectivity index (χ0n) is 13.0. The van der Waals surface area contributed by atoms with Crippen LogP contribution in [-0.2, 0) is 11.2 Å². The molecule has 0 aromatic heterocycles. The van der Waals surface area contributed by atoms with Crippen molar-refractivity contribution in [1.82, 2.24) is 5.32 Å². The molecule has 0 aliphatic carbocycles. The van der Waals surface area contributed by atoms with Crippen molar-refractivity contribution >= 4 is 24.0 Å². The van der Waals surface area contributed by atoms with E-state index in [1.165, 1.54) is 6.07 Å². The van der Waals surface area contributed by atoms with Crippen LogP contribution in [0.1, 0.15) is 32.3 Å². The molecule has 1 amide bonds. The lowest BCUT2D eigenvalue weighted by molar-refractivity contribution is -0.385. The van der Waals surface area contributed by atoms with E-state index in [0.29, 0.717) is 37.9 Å². The number of nitrogens with zero attached hydrogens (tertiary/aromatic N) is 1. The van der Waals surface area contributed by atoms with Gasteiger partial charge in [0.25, 0.3) is 5.69 Å². The van der Waals surface area contributed by atoms with Gasteiger partial charge < -0.3 is 11.1 Å². The number of nitrogens with one attached hydrogen (secondary N) is 1. The molecule has 0 fully saturated rings. The molecule has 0 saturated heterocycles. The summed E-state index contributed by atoms with van der Waals surface area (Å²) in [5.74, 6) is -0.0754. The van der Waals surface area contributed by atoms with Gasteiger partial charge in [0.2, 0.25) is 5.91 Å². The monoisotopic (exact) mass is 329 g/mol. The molecule has 0 unspecified atom stereocenters. The average molecular weight is 330 g/mol. The molecular formula is C15H24ClN3O3. The van der Waals surface area contributed by atoms with E-state index in [9.17, 15) is 14.9 Å². The Bertz CT molecular complexity index is 496. The minimum absolute atomic E-state index is 0. The third-order valence-corrected chi connectivity index (χ3v) is 4.09. The Kier molecular flexibility index (Phi) is 8.67. The summed E-state index contributed by atoms with van der Waals surface area (Å²) in [5.41, 5.74) is 5.89. The first kappa shape index (κ1) is 20.3. The van der Waals surface area contributed by atoms with Crippen LogP contribution in [-0.4, -0.2) is 23.9 Å². The molecule has 1 rings (SSSR count). The highest BCUT2D eigenvalue weighted by atomic mass is 35.5. The number of benzene rings is 1. The first-order valence-corrected chi connectivity index (χ1v) is 7.21. The minimum atomic E-state index is -0.539. The quantitative estimate of drug-likeness (QED) is 0.565. The van der Waals surface area contributed by atoms with Gasteiger partial charge in [-0.05, 0) is 19.3 Å². The fourth-order valence-electron chi connectivity index (χ4n) is 2.35. The van der Waals surface area contributed by atoms with Crippen LogP contribution in [0.15, 0.2) is 24.3 Å². The van der Waals surface area contributed by atoms with Crippen molar-refractivity contribution in [2.24, 2.45) is 11.1 Å². The van der Waals surface area contributed by atoms with E-state index in [-0.39, 0.29) is 24.0 Å². The Morgan fingerprint density at radius 3 is 2.41 bits per heavy atom. The summed E-state index contributed by atoms with van der Waals surface area (Å²) in [4.78, 5) is 22.8. The van der Waals surface area contributed by atoms with Crippen LogP contribution >= 0.6 is 12.4 Å². The minimum Gasteiger partial charge on any atom is -0.355 e. The number of hydrogen-bond donors (Lipinski definition) is 2. The molecule has 22 heavy (non-hydrogen) atoms. The van der Waals surface area contributed by atoms with Gasteiger partial charge in [0, 0.05) is 24.7 Å². The van der Waals surface area contributed by atoms with Gasteiger partial charge in [0.1, 0.15) is 0 Å². The molecule has 1 aromatic carbocycles. The maximum atomic E-state index is 12.2. The Hall–Kier alpha value is -1.66. The van der Waals surface area contributed by atoms with E-state index in [1.54, 1.807) is 18.2 Å². The number of amides is 1. The molecule has 0 radical (unpaired) electrons. The number of carbonyl (C=O) groups is 1. The summed E-state index contributed by atoms with van der Waals surface area (Å²) in [6.07, 6.45) is 1.78. The molecule has 0 atom stereocenters. The lowest BCUT2D eigenvalue weighted by Crippen LogP contribution is -2.45. The third kappa shape index (κ3) is 4.68. The molecule has 0 aliphatic rings. The van der Waals surface area contributed by atoms with Gasteiger partial charge >= 0.3 is 0 Å². The summed E-state index contributed by atoms with van der Waals surface area (Å²) in [6, 6.07) is 6.57. The molecule has 0 bridgehead atoms. The van der Waals surface area contributed by atoms with Crippen LogP contribution in [0, 0.1) is 15.5 Å².